The smallest absolute Gasteiger partial charge is 0.496 e. The lowest BCUT2D eigenvalue weighted by Gasteiger charge is -2.29. The van der Waals surface area contributed by atoms with Gasteiger partial charge in [-0.2, -0.15) is 0 Å². The number of benzene rings is 2. The number of carbonyl (C=O) groups is 2. The van der Waals surface area contributed by atoms with Crippen LogP contribution in [0.4, 0.5) is 9.18 Å². The molecule has 7 nitrogen and oxygen atoms in total. The van der Waals surface area contributed by atoms with Crippen LogP contribution in [0.5, 0.6) is 5.75 Å². The van der Waals surface area contributed by atoms with Crippen LogP contribution in [0, 0.1) is 5.82 Å². The highest BCUT2D eigenvalue weighted by atomic mass is 19.1. The summed E-state index contributed by atoms with van der Waals surface area (Å²) < 4.78 is 24.7. The molecule has 0 amide bonds. The molecule has 29 heavy (non-hydrogen) atoms. The highest BCUT2D eigenvalue weighted by Gasteiger charge is 2.26. The van der Waals surface area contributed by atoms with Crippen LogP contribution in [0.3, 0.4) is 0 Å². The maximum Gasteiger partial charge on any atom is 0.527 e. The summed E-state index contributed by atoms with van der Waals surface area (Å²) in [5, 5.41) is 10.5. The Hall–Kier alpha value is -3.13. The average molecular weight is 403 g/mol. The number of rotatable bonds is 6. The lowest BCUT2D eigenvalue weighted by atomic mass is 9.90. The van der Waals surface area contributed by atoms with Crippen molar-refractivity contribution in [3.05, 3.63) is 52.8 Å². The van der Waals surface area contributed by atoms with Crippen molar-refractivity contribution in [2.45, 2.75) is 26.3 Å². The lowest BCUT2D eigenvalue weighted by molar-refractivity contribution is -0.137. The summed E-state index contributed by atoms with van der Waals surface area (Å²) in [7, 11) is 1.52. The van der Waals surface area contributed by atoms with Gasteiger partial charge in [-0.25, -0.2) is 9.18 Å². The van der Waals surface area contributed by atoms with E-state index in [0.717, 1.165) is 0 Å². The quantitative estimate of drug-likeness (QED) is 0.738. The summed E-state index contributed by atoms with van der Waals surface area (Å²) in [5.74, 6) is -0.743. The van der Waals surface area contributed by atoms with Crippen LogP contribution in [-0.4, -0.2) is 42.6 Å². The first-order valence-electron chi connectivity index (χ1n) is 9.22. The van der Waals surface area contributed by atoms with Crippen LogP contribution in [0.15, 0.2) is 30.3 Å². The van der Waals surface area contributed by atoms with Crippen molar-refractivity contribution in [1.29, 1.82) is 0 Å². The van der Waals surface area contributed by atoms with E-state index in [-0.39, 0.29) is 25.4 Å². The number of methoxy groups -OCH3 is 1. The second-order valence-corrected chi connectivity index (χ2v) is 6.55. The van der Waals surface area contributed by atoms with Gasteiger partial charge in [-0.05, 0) is 53.8 Å². The number of hydroxylamine groups is 2. The van der Waals surface area contributed by atoms with Crippen LogP contribution in [-0.2, 0) is 33.8 Å². The number of halogens is 1. The van der Waals surface area contributed by atoms with E-state index >= 15 is 0 Å². The molecule has 1 aliphatic rings. The van der Waals surface area contributed by atoms with Gasteiger partial charge in [0.05, 0.1) is 26.7 Å². The monoisotopic (exact) mass is 403 g/mol. The molecule has 0 bridgehead atoms. The van der Waals surface area contributed by atoms with E-state index < -0.39 is 12.1 Å². The first kappa shape index (κ1) is 20.6. The summed E-state index contributed by atoms with van der Waals surface area (Å²) in [5.41, 5.74) is 3.15. The minimum atomic E-state index is -0.948. The average Bonchev–Trinajstić information content (AvgIpc) is 2.68. The van der Waals surface area contributed by atoms with Crippen LogP contribution in [0.25, 0.3) is 11.1 Å². The van der Waals surface area contributed by atoms with Crippen LogP contribution in [0.1, 0.15) is 23.6 Å². The third-order valence-electron chi connectivity index (χ3n) is 4.69. The predicted molar refractivity (Wildman–Crippen MR) is 102 cm³/mol. The SMILES string of the molecule is CCOC(=O)ON1CCc2c(F)ccc(-c3cc(CC(=O)O)ccc3OC)c2C1. The molecule has 0 atom stereocenters. The Labute approximate surface area is 167 Å². The zero-order chi connectivity index (χ0) is 21.0. The van der Waals surface area contributed by atoms with Crippen molar-refractivity contribution in [3.63, 3.8) is 0 Å². The van der Waals surface area contributed by atoms with Crippen molar-refractivity contribution in [1.82, 2.24) is 5.06 Å². The van der Waals surface area contributed by atoms with Crippen LogP contribution < -0.4 is 4.74 Å². The van der Waals surface area contributed by atoms with Crippen molar-refractivity contribution in [2.24, 2.45) is 0 Å². The fourth-order valence-electron chi connectivity index (χ4n) is 3.44. The number of aliphatic carboxylic acids is 1. The van der Waals surface area contributed by atoms with Gasteiger partial charge in [-0.15, -0.1) is 5.06 Å². The minimum Gasteiger partial charge on any atom is -0.496 e. The molecule has 0 saturated carbocycles. The fourth-order valence-corrected chi connectivity index (χ4v) is 3.44. The van der Waals surface area contributed by atoms with E-state index in [1.54, 1.807) is 31.2 Å². The van der Waals surface area contributed by atoms with E-state index in [9.17, 15) is 14.0 Å². The van der Waals surface area contributed by atoms with Crippen molar-refractivity contribution in [2.75, 3.05) is 20.3 Å². The zero-order valence-corrected chi connectivity index (χ0v) is 16.2. The number of hydrogen-bond acceptors (Lipinski definition) is 6. The standard InChI is InChI=1S/C21H22FNO6/c1-3-28-21(26)29-23-9-8-15-17(12-23)14(5-6-18(15)22)16-10-13(11-20(24)25)4-7-19(16)27-2/h4-7,10H,3,8-9,11-12H2,1-2H3,(H,24,25). The Morgan fingerprint density at radius 3 is 2.66 bits per heavy atom. The molecule has 154 valence electrons. The molecule has 0 fully saturated rings. The van der Waals surface area contributed by atoms with Crippen LogP contribution >= 0.6 is 0 Å². The van der Waals surface area contributed by atoms with Gasteiger partial charge >= 0.3 is 12.1 Å². The van der Waals surface area contributed by atoms with Crippen molar-refractivity contribution < 1.29 is 33.4 Å². The van der Waals surface area contributed by atoms with Crippen molar-refractivity contribution >= 4 is 12.1 Å². The molecule has 8 heteroatoms. The summed E-state index contributed by atoms with van der Waals surface area (Å²) >= 11 is 0. The molecule has 2 aromatic rings. The molecular formula is C21H22FNO6. The molecule has 2 aromatic carbocycles. The summed E-state index contributed by atoms with van der Waals surface area (Å²) in [6.07, 6.45) is -0.598. The topological polar surface area (TPSA) is 85.3 Å². The zero-order valence-electron chi connectivity index (χ0n) is 16.2. The molecule has 0 unspecified atom stereocenters. The Bertz CT molecular complexity index is 930. The summed E-state index contributed by atoms with van der Waals surface area (Å²) in [6.45, 7) is 2.38. The number of carboxylic acid groups (broad SMARTS) is 1. The molecule has 1 N–H and O–H groups in total. The second kappa shape index (κ2) is 8.91. The van der Waals surface area contributed by atoms with Gasteiger partial charge in [0, 0.05) is 12.1 Å². The normalized spacial score (nSPS) is 13.5. The third kappa shape index (κ3) is 4.65. The van der Waals surface area contributed by atoms with Gasteiger partial charge in [0.2, 0.25) is 0 Å². The van der Waals surface area contributed by atoms with Gasteiger partial charge < -0.3 is 19.4 Å². The second-order valence-electron chi connectivity index (χ2n) is 6.55. The number of nitrogens with zero attached hydrogens (tertiary/aromatic N) is 1. The molecule has 0 spiro atoms. The maximum atomic E-state index is 14.5. The van der Waals surface area contributed by atoms with Gasteiger partial charge in [0.1, 0.15) is 11.6 Å². The molecular weight excluding hydrogens is 381 g/mol. The van der Waals surface area contributed by atoms with E-state index in [1.807, 2.05) is 0 Å². The lowest BCUT2D eigenvalue weighted by Crippen LogP contribution is -2.34. The number of carboxylic acids is 1. The van der Waals surface area contributed by atoms with Crippen molar-refractivity contribution in [3.8, 4) is 16.9 Å². The Morgan fingerprint density at radius 2 is 1.97 bits per heavy atom. The molecule has 0 saturated heterocycles. The largest absolute Gasteiger partial charge is 0.527 e. The van der Waals surface area contributed by atoms with E-state index in [4.69, 9.17) is 19.4 Å². The Kier molecular flexibility index (Phi) is 6.33. The number of carbonyl (C=O) groups excluding carboxylic acids is 1. The van der Waals surface area contributed by atoms with Gasteiger partial charge in [-0.3, -0.25) is 4.79 Å². The van der Waals surface area contributed by atoms with Gasteiger partial charge in [-0.1, -0.05) is 12.1 Å². The van der Waals surface area contributed by atoms with Gasteiger partial charge in [0.15, 0.2) is 0 Å². The van der Waals surface area contributed by atoms with Gasteiger partial charge in [0.25, 0.3) is 0 Å². The van der Waals surface area contributed by atoms with E-state index in [0.29, 0.717) is 46.5 Å². The summed E-state index contributed by atoms with van der Waals surface area (Å²) in [4.78, 5) is 27.9. The molecule has 3 rings (SSSR count). The molecule has 1 heterocycles. The highest BCUT2D eigenvalue weighted by Crippen LogP contribution is 2.37. The number of hydrogen-bond donors (Lipinski definition) is 1. The molecule has 0 aromatic heterocycles. The number of ether oxygens (including phenoxy) is 2. The van der Waals surface area contributed by atoms with E-state index in [2.05, 4.69) is 0 Å². The third-order valence-corrected chi connectivity index (χ3v) is 4.69. The first-order chi connectivity index (χ1) is 13.9. The first-order valence-corrected chi connectivity index (χ1v) is 9.22. The number of fused-ring (bicyclic) bond motifs is 1. The molecule has 1 aliphatic heterocycles. The minimum absolute atomic E-state index is 0.140. The maximum absolute atomic E-state index is 14.5. The fraction of sp³-hybridized carbons (Fsp3) is 0.333. The Balaban J connectivity index is 2.02. The molecule has 0 aliphatic carbocycles. The molecule has 0 radical (unpaired) electrons. The highest BCUT2D eigenvalue weighted by molar-refractivity contribution is 5.77. The summed E-state index contributed by atoms with van der Waals surface area (Å²) in [6, 6.07) is 8.12. The van der Waals surface area contributed by atoms with E-state index in [1.165, 1.54) is 18.2 Å². The Morgan fingerprint density at radius 1 is 1.17 bits per heavy atom. The van der Waals surface area contributed by atoms with Crippen LogP contribution in [0.2, 0.25) is 0 Å². The predicted octanol–water partition coefficient (Wildman–Crippen LogP) is 3.57.